The number of hydrogen-bond acceptors (Lipinski definition) is 4. The molecule has 0 radical (unpaired) electrons. The molecule has 0 saturated carbocycles. The molecule has 4 aromatic carbocycles. The van der Waals surface area contributed by atoms with Crippen LogP contribution in [0.25, 0.3) is 10.8 Å². The molecular formula is C26H19Cl2N3O2S. The fraction of sp³-hybridized carbons (Fsp3) is 0.0385. The molecule has 0 aromatic heterocycles. The molecule has 0 spiro atoms. The number of benzene rings is 4. The van der Waals surface area contributed by atoms with Gasteiger partial charge in [0.25, 0.3) is 0 Å². The molecule has 5 nitrogen and oxygen atoms in total. The Morgan fingerprint density at radius 1 is 1.00 bits per heavy atom. The van der Waals surface area contributed by atoms with Crippen molar-refractivity contribution in [3.05, 3.63) is 106 Å². The molecule has 0 bridgehead atoms. The van der Waals surface area contributed by atoms with Crippen LogP contribution in [-0.2, 0) is 0 Å². The summed E-state index contributed by atoms with van der Waals surface area (Å²) in [7, 11) is 0. The number of rotatable bonds is 5. The number of nitrogens with one attached hydrogen (secondary N) is 2. The molecule has 0 aliphatic rings. The molecule has 0 unspecified atom stereocenters. The highest BCUT2D eigenvalue weighted by atomic mass is 35.5. The van der Waals surface area contributed by atoms with Gasteiger partial charge in [0.1, 0.15) is 5.75 Å². The molecule has 0 atom stereocenters. The molecule has 0 heterocycles. The topological polar surface area (TPSA) is 62.7 Å². The summed E-state index contributed by atoms with van der Waals surface area (Å²) in [6, 6.07) is 23.7. The number of hydrogen-bond donors (Lipinski definition) is 2. The van der Waals surface area contributed by atoms with E-state index < -0.39 is 5.97 Å². The van der Waals surface area contributed by atoms with E-state index in [0.717, 1.165) is 22.0 Å². The Hall–Kier alpha value is -3.45. The number of carbonyl (C=O) groups excluding carboxylic acids is 1. The van der Waals surface area contributed by atoms with Crippen molar-refractivity contribution in [1.29, 1.82) is 0 Å². The maximum absolute atomic E-state index is 12.8. The second-order valence-electron chi connectivity index (χ2n) is 7.41. The monoisotopic (exact) mass is 507 g/mol. The first-order valence-electron chi connectivity index (χ1n) is 10.3. The van der Waals surface area contributed by atoms with Crippen LogP contribution in [0.2, 0.25) is 10.0 Å². The van der Waals surface area contributed by atoms with Gasteiger partial charge in [-0.3, -0.25) is 5.43 Å². The van der Waals surface area contributed by atoms with Crippen molar-refractivity contribution >= 4 is 69.2 Å². The second-order valence-corrected chi connectivity index (χ2v) is 8.66. The van der Waals surface area contributed by atoms with Gasteiger partial charge < -0.3 is 10.1 Å². The van der Waals surface area contributed by atoms with Gasteiger partial charge in [-0.1, -0.05) is 65.7 Å². The number of thiocarbonyl (C=S) groups is 1. The summed E-state index contributed by atoms with van der Waals surface area (Å²) >= 11 is 17.4. The Labute approximate surface area is 212 Å². The van der Waals surface area contributed by atoms with E-state index in [1.807, 2.05) is 61.5 Å². The van der Waals surface area contributed by atoms with Crippen molar-refractivity contribution in [1.82, 2.24) is 5.43 Å². The molecule has 170 valence electrons. The SMILES string of the molecule is Cc1cccc(NC(=S)N/N=C/c2c(OC(=O)c3ccc(Cl)cc3Cl)ccc3ccccc23)c1. The van der Waals surface area contributed by atoms with Crippen molar-refractivity contribution in [3.63, 3.8) is 0 Å². The first-order valence-corrected chi connectivity index (χ1v) is 11.4. The first-order chi connectivity index (χ1) is 16.4. The summed E-state index contributed by atoms with van der Waals surface area (Å²) in [4.78, 5) is 12.8. The van der Waals surface area contributed by atoms with Gasteiger partial charge in [-0.25, -0.2) is 4.79 Å². The third-order valence-electron chi connectivity index (χ3n) is 4.92. The molecule has 0 aliphatic carbocycles. The molecule has 0 aliphatic heterocycles. The maximum Gasteiger partial charge on any atom is 0.345 e. The second kappa shape index (κ2) is 10.7. The number of anilines is 1. The lowest BCUT2D eigenvalue weighted by Crippen LogP contribution is -2.23. The lowest BCUT2D eigenvalue weighted by Gasteiger charge is -2.12. The van der Waals surface area contributed by atoms with Crippen molar-refractivity contribution in [2.75, 3.05) is 5.32 Å². The third-order valence-corrected chi connectivity index (χ3v) is 5.66. The van der Waals surface area contributed by atoms with Crippen LogP contribution in [-0.4, -0.2) is 17.3 Å². The number of halogens is 2. The summed E-state index contributed by atoms with van der Waals surface area (Å²) < 4.78 is 5.69. The van der Waals surface area contributed by atoms with E-state index in [2.05, 4.69) is 15.8 Å². The van der Waals surface area contributed by atoms with Crippen molar-refractivity contribution < 1.29 is 9.53 Å². The number of nitrogens with zero attached hydrogens (tertiary/aromatic N) is 1. The van der Waals surface area contributed by atoms with Crippen LogP contribution in [0.1, 0.15) is 21.5 Å². The molecule has 34 heavy (non-hydrogen) atoms. The van der Waals surface area contributed by atoms with E-state index in [1.54, 1.807) is 18.3 Å². The molecule has 8 heteroatoms. The minimum absolute atomic E-state index is 0.211. The highest BCUT2D eigenvalue weighted by Crippen LogP contribution is 2.29. The number of fused-ring (bicyclic) bond motifs is 1. The fourth-order valence-corrected chi connectivity index (χ4v) is 4.00. The zero-order chi connectivity index (χ0) is 24.1. The zero-order valence-corrected chi connectivity index (χ0v) is 20.3. The molecule has 0 amide bonds. The Morgan fingerprint density at radius 2 is 1.82 bits per heavy atom. The van der Waals surface area contributed by atoms with E-state index in [4.69, 9.17) is 40.2 Å². The van der Waals surface area contributed by atoms with Crippen LogP contribution in [0.5, 0.6) is 5.75 Å². The fourth-order valence-electron chi connectivity index (χ4n) is 3.34. The smallest absolute Gasteiger partial charge is 0.345 e. The molecule has 2 N–H and O–H groups in total. The van der Waals surface area contributed by atoms with Crippen molar-refractivity contribution in [2.24, 2.45) is 5.10 Å². The van der Waals surface area contributed by atoms with Crippen molar-refractivity contribution in [3.8, 4) is 5.75 Å². The summed E-state index contributed by atoms with van der Waals surface area (Å²) in [5.74, 6) is -0.269. The maximum atomic E-state index is 12.8. The standard InChI is InChI=1S/C26H19Cl2N3O2S/c1-16-5-4-7-19(13-16)30-26(34)31-29-15-22-20-8-3-2-6-17(20)9-12-24(22)33-25(32)21-11-10-18(27)14-23(21)28/h2-15H,1H3,(H2,30,31,34)/b29-15+. The van der Waals surface area contributed by atoms with Crippen LogP contribution < -0.4 is 15.5 Å². The quantitative estimate of drug-likeness (QED) is 0.100. The zero-order valence-electron chi connectivity index (χ0n) is 18.0. The van der Waals surface area contributed by atoms with Gasteiger partial charge in [0.05, 0.1) is 16.8 Å². The van der Waals surface area contributed by atoms with Crippen LogP contribution in [0.4, 0.5) is 5.69 Å². The van der Waals surface area contributed by atoms with Gasteiger partial charge in [-0.2, -0.15) is 5.10 Å². The molecule has 0 fully saturated rings. The Kier molecular flexibility index (Phi) is 7.43. The summed E-state index contributed by atoms with van der Waals surface area (Å²) in [6.45, 7) is 2.00. The average Bonchev–Trinajstić information content (AvgIpc) is 2.80. The number of esters is 1. The Bertz CT molecular complexity index is 1420. The molecule has 0 saturated heterocycles. The van der Waals surface area contributed by atoms with Gasteiger partial charge in [0.15, 0.2) is 5.11 Å². The highest BCUT2D eigenvalue weighted by molar-refractivity contribution is 7.80. The largest absolute Gasteiger partial charge is 0.422 e. The van der Waals surface area contributed by atoms with E-state index in [0.29, 0.717) is 21.4 Å². The minimum atomic E-state index is -0.601. The van der Waals surface area contributed by atoms with Crippen LogP contribution in [0.15, 0.2) is 84.0 Å². The van der Waals surface area contributed by atoms with Gasteiger partial charge >= 0.3 is 5.97 Å². The lowest BCUT2D eigenvalue weighted by molar-refractivity contribution is 0.0735. The van der Waals surface area contributed by atoms with Crippen LogP contribution in [0.3, 0.4) is 0 Å². The first kappa shape index (κ1) is 23.7. The normalized spacial score (nSPS) is 10.9. The summed E-state index contributed by atoms with van der Waals surface area (Å²) in [5.41, 5.74) is 5.59. The number of hydrazone groups is 1. The Morgan fingerprint density at radius 3 is 2.62 bits per heavy atom. The molecule has 4 aromatic rings. The highest BCUT2D eigenvalue weighted by Gasteiger charge is 2.16. The van der Waals surface area contributed by atoms with E-state index in [1.165, 1.54) is 12.1 Å². The van der Waals surface area contributed by atoms with Gasteiger partial charge in [-0.15, -0.1) is 0 Å². The number of ether oxygens (including phenoxy) is 1. The van der Waals surface area contributed by atoms with E-state index in [-0.39, 0.29) is 10.6 Å². The number of carbonyl (C=O) groups is 1. The molecular weight excluding hydrogens is 489 g/mol. The average molecular weight is 508 g/mol. The van der Waals surface area contributed by atoms with Crippen LogP contribution in [0, 0.1) is 6.92 Å². The summed E-state index contributed by atoms with van der Waals surface area (Å²) in [6.07, 6.45) is 1.57. The van der Waals surface area contributed by atoms with E-state index in [9.17, 15) is 4.79 Å². The van der Waals surface area contributed by atoms with E-state index >= 15 is 0 Å². The predicted octanol–water partition coefficient (Wildman–Crippen LogP) is 6.99. The van der Waals surface area contributed by atoms with Gasteiger partial charge in [0, 0.05) is 16.3 Å². The van der Waals surface area contributed by atoms with Crippen LogP contribution >= 0.6 is 35.4 Å². The minimum Gasteiger partial charge on any atom is -0.422 e. The third kappa shape index (κ3) is 5.72. The lowest BCUT2D eigenvalue weighted by atomic mass is 10.0. The predicted molar refractivity (Wildman–Crippen MR) is 143 cm³/mol. The Balaban J connectivity index is 1.58. The number of aryl methyl sites for hydroxylation is 1. The van der Waals surface area contributed by atoms with Gasteiger partial charge in [-0.05, 0) is 71.9 Å². The molecule has 4 rings (SSSR count). The van der Waals surface area contributed by atoms with Gasteiger partial charge in [0.2, 0.25) is 0 Å². The summed E-state index contributed by atoms with van der Waals surface area (Å²) in [5, 5.41) is 10.1. The van der Waals surface area contributed by atoms with Crippen molar-refractivity contribution in [2.45, 2.75) is 6.92 Å².